The Kier molecular flexibility index (Phi) is 9.95. The van der Waals surface area contributed by atoms with Gasteiger partial charge in [0, 0.05) is 43.9 Å². The van der Waals surface area contributed by atoms with Crippen LogP contribution in [0.5, 0.6) is 0 Å². The van der Waals surface area contributed by atoms with Crippen LogP contribution >= 0.6 is 12.4 Å². The zero-order valence-electron chi connectivity index (χ0n) is 24.7. The maximum absolute atomic E-state index is 7.57. The van der Waals surface area contributed by atoms with Gasteiger partial charge in [-0.3, -0.25) is 0 Å². The number of fused-ring (bicyclic) bond motifs is 2. The van der Waals surface area contributed by atoms with E-state index in [-0.39, 0.29) is 19.0 Å². The van der Waals surface area contributed by atoms with Crippen LogP contribution in [0.15, 0.2) is 102 Å². The molecule has 8 heteroatoms. The summed E-state index contributed by atoms with van der Waals surface area (Å²) in [5.74, 6) is 7.18. The molecule has 3 N–H and O–H groups in total. The molecular weight excluding hydrogens is 556 g/mol. The van der Waals surface area contributed by atoms with Crippen molar-refractivity contribution in [3.05, 3.63) is 108 Å². The van der Waals surface area contributed by atoms with Crippen LogP contribution < -0.4 is 15.5 Å². The average molecular weight is 597 g/mol. The van der Waals surface area contributed by atoms with Crippen molar-refractivity contribution in [1.82, 2.24) is 9.97 Å². The fraction of sp³-hybridized carbons (Fsp3) is 0.343. The van der Waals surface area contributed by atoms with Crippen molar-refractivity contribution in [2.24, 2.45) is 28.7 Å². The van der Waals surface area contributed by atoms with E-state index in [0.29, 0.717) is 5.82 Å². The van der Waals surface area contributed by atoms with E-state index in [4.69, 9.17) is 20.8 Å². The third kappa shape index (κ3) is 7.72. The molecule has 4 unspecified atom stereocenters. The van der Waals surface area contributed by atoms with Gasteiger partial charge in [-0.15, -0.1) is 12.4 Å². The standard InChI is InChI=1S/C23H21N3.C10H13N3.C2H6O.ClH/c1-3-8-17(9-4-1)23(18-10-5-2-6-11-18)25-21-12-7-13-22(24-21)26-15-19-14-20(19)16-26;11-9-2-1-3-10(12-9)13-5-7-4-8(7)6-13;1-2-3;/h1-13,19-20H,14-16H2;1-3,7-8H,4-6H2,(H2,11,12);3H,2H2,1H3;1H. The average Bonchev–Trinajstić information content (AvgIpc) is 3.87. The zero-order valence-corrected chi connectivity index (χ0v) is 25.5. The lowest BCUT2D eigenvalue weighted by atomic mass is 10.0. The van der Waals surface area contributed by atoms with Gasteiger partial charge in [0.2, 0.25) is 0 Å². The number of nitrogens with two attached hydrogens (primary N) is 1. The Morgan fingerprint density at radius 2 is 1.14 bits per heavy atom. The Balaban J connectivity index is 0.000000181. The molecule has 0 radical (unpaired) electrons. The highest BCUT2D eigenvalue weighted by Crippen LogP contribution is 2.46. The molecule has 8 rings (SSSR count). The van der Waals surface area contributed by atoms with E-state index in [0.717, 1.165) is 71.1 Å². The second-order valence-electron chi connectivity index (χ2n) is 11.6. The van der Waals surface area contributed by atoms with Gasteiger partial charge < -0.3 is 20.6 Å². The van der Waals surface area contributed by atoms with Crippen molar-refractivity contribution in [3.8, 4) is 0 Å². The van der Waals surface area contributed by atoms with E-state index < -0.39 is 0 Å². The second-order valence-corrected chi connectivity index (χ2v) is 11.6. The molecular formula is C35H41ClN6O. The van der Waals surface area contributed by atoms with Crippen LogP contribution in [0.2, 0.25) is 0 Å². The smallest absolute Gasteiger partial charge is 0.154 e. The first-order valence-corrected chi connectivity index (χ1v) is 15.1. The van der Waals surface area contributed by atoms with E-state index in [1.54, 1.807) is 6.92 Å². The predicted molar refractivity (Wildman–Crippen MR) is 179 cm³/mol. The van der Waals surface area contributed by atoms with Crippen molar-refractivity contribution in [2.75, 3.05) is 48.3 Å². The van der Waals surface area contributed by atoms with Gasteiger partial charge in [0.1, 0.15) is 17.5 Å². The first-order valence-electron chi connectivity index (χ1n) is 15.1. The fourth-order valence-corrected chi connectivity index (χ4v) is 6.04. The quantitative estimate of drug-likeness (QED) is 0.265. The van der Waals surface area contributed by atoms with Gasteiger partial charge in [0.25, 0.3) is 0 Å². The Morgan fingerprint density at radius 1 is 0.698 bits per heavy atom. The van der Waals surface area contributed by atoms with Crippen LogP contribution in [-0.2, 0) is 0 Å². The van der Waals surface area contributed by atoms with E-state index in [9.17, 15) is 0 Å². The summed E-state index contributed by atoms with van der Waals surface area (Å²) in [7, 11) is 0. The van der Waals surface area contributed by atoms with Gasteiger partial charge >= 0.3 is 0 Å². The predicted octanol–water partition coefficient (Wildman–Crippen LogP) is 6.25. The molecule has 0 bridgehead atoms. The lowest BCUT2D eigenvalue weighted by Gasteiger charge is -2.19. The highest BCUT2D eigenvalue weighted by Gasteiger charge is 2.46. The minimum atomic E-state index is 0. The van der Waals surface area contributed by atoms with Crippen molar-refractivity contribution < 1.29 is 5.11 Å². The molecule has 2 aliphatic carbocycles. The number of aromatic nitrogens is 2. The normalized spacial score (nSPS) is 22.0. The number of rotatable bonds is 5. The van der Waals surface area contributed by atoms with E-state index in [1.165, 1.54) is 25.9 Å². The Bertz CT molecular complexity index is 1440. The summed E-state index contributed by atoms with van der Waals surface area (Å²) in [6, 6.07) is 32.7. The number of hydrogen-bond donors (Lipinski definition) is 2. The van der Waals surface area contributed by atoms with E-state index >= 15 is 0 Å². The highest BCUT2D eigenvalue weighted by atomic mass is 35.5. The topological polar surface area (TPSA) is 90.9 Å². The number of anilines is 3. The number of aliphatic hydroxyl groups excluding tert-OH is 1. The molecule has 4 atom stereocenters. The van der Waals surface area contributed by atoms with Crippen LogP contribution in [0.25, 0.3) is 0 Å². The maximum Gasteiger partial charge on any atom is 0.154 e. The summed E-state index contributed by atoms with van der Waals surface area (Å²) in [4.78, 5) is 18.8. The Morgan fingerprint density at radius 3 is 1.60 bits per heavy atom. The molecule has 2 saturated heterocycles. The number of nitrogen functional groups attached to an aromatic ring is 1. The maximum atomic E-state index is 7.57. The van der Waals surface area contributed by atoms with Crippen LogP contribution in [0.1, 0.15) is 30.9 Å². The lowest BCUT2D eigenvalue weighted by molar-refractivity contribution is 0.318. The van der Waals surface area contributed by atoms with Crippen molar-refractivity contribution in [1.29, 1.82) is 0 Å². The number of piperidine rings is 2. The third-order valence-corrected chi connectivity index (χ3v) is 8.40. The number of pyridine rings is 2. The molecule has 0 spiro atoms. The summed E-state index contributed by atoms with van der Waals surface area (Å²) >= 11 is 0. The molecule has 4 heterocycles. The monoisotopic (exact) mass is 596 g/mol. The molecule has 2 saturated carbocycles. The number of aliphatic hydroxyl groups is 1. The van der Waals surface area contributed by atoms with Gasteiger partial charge in [-0.25, -0.2) is 15.0 Å². The molecule has 2 aliphatic heterocycles. The Hall–Kier alpha value is -3.94. The summed E-state index contributed by atoms with van der Waals surface area (Å²) in [5, 5.41) is 7.57. The SMILES string of the molecule is CCO.Cl.Nc1cccc(N2CC3CC3C2)n1.c1ccc(C(=Nc2cccc(N3CC4CC4C3)n2)c2ccccc2)cc1. The molecule has 7 nitrogen and oxygen atoms in total. The molecule has 4 aliphatic rings. The molecule has 224 valence electrons. The third-order valence-electron chi connectivity index (χ3n) is 8.40. The van der Waals surface area contributed by atoms with E-state index in [1.807, 2.05) is 60.7 Å². The van der Waals surface area contributed by atoms with Crippen molar-refractivity contribution >= 4 is 41.4 Å². The molecule has 0 amide bonds. The lowest BCUT2D eigenvalue weighted by Crippen LogP contribution is -2.22. The van der Waals surface area contributed by atoms with Crippen LogP contribution in [0.3, 0.4) is 0 Å². The van der Waals surface area contributed by atoms with Crippen molar-refractivity contribution in [3.63, 3.8) is 0 Å². The van der Waals surface area contributed by atoms with Gasteiger partial charge in [0.15, 0.2) is 5.82 Å². The molecule has 2 aromatic heterocycles. The fourth-order valence-electron chi connectivity index (χ4n) is 6.04. The molecule has 43 heavy (non-hydrogen) atoms. The van der Waals surface area contributed by atoms with Crippen LogP contribution in [0, 0.1) is 23.7 Å². The first kappa shape index (κ1) is 30.5. The van der Waals surface area contributed by atoms with E-state index in [2.05, 4.69) is 51.2 Å². The number of aliphatic imine (C=N–C) groups is 1. The Labute approximate surface area is 260 Å². The summed E-state index contributed by atoms with van der Waals surface area (Å²) < 4.78 is 0. The second kappa shape index (κ2) is 14.0. The summed E-state index contributed by atoms with van der Waals surface area (Å²) in [5.41, 5.74) is 8.80. The molecule has 2 aromatic carbocycles. The van der Waals surface area contributed by atoms with Crippen molar-refractivity contribution in [2.45, 2.75) is 19.8 Å². The largest absolute Gasteiger partial charge is 0.397 e. The van der Waals surface area contributed by atoms with Crippen LogP contribution in [0.4, 0.5) is 23.3 Å². The number of nitrogens with zero attached hydrogens (tertiary/aromatic N) is 5. The van der Waals surface area contributed by atoms with Gasteiger partial charge in [-0.05, 0) is 67.7 Å². The number of halogens is 1. The number of hydrogen-bond acceptors (Lipinski definition) is 7. The first-order chi connectivity index (χ1) is 20.6. The highest BCUT2D eigenvalue weighted by molar-refractivity contribution is 6.13. The van der Waals surface area contributed by atoms with Gasteiger partial charge in [-0.1, -0.05) is 72.8 Å². The summed E-state index contributed by atoms with van der Waals surface area (Å²) in [6.45, 7) is 6.59. The molecule has 4 aromatic rings. The summed E-state index contributed by atoms with van der Waals surface area (Å²) in [6.07, 6.45) is 2.83. The molecule has 4 fully saturated rings. The minimum Gasteiger partial charge on any atom is -0.397 e. The minimum absolute atomic E-state index is 0. The van der Waals surface area contributed by atoms with Crippen LogP contribution in [-0.4, -0.2) is 53.6 Å². The zero-order chi connectivity index (χ0) is 28.9. The van der Waals surface area contributed by atoms with Gasteiger partial charge in [-0.2, -0.15) is 0 Å². The van der Waals surface area contributed by atoms with Gasteiger partial charge in [0.05, 0.1) is 5.71 Å². The number of benzene rings is 2.